The molecule has 40 heavy (non-hydrogen) atoms. The lowest BCUT2D eigenvalue weighted by Crippen LogP contribution is -2.43. The molecule has 1 aromatic carbocycles. The SMILES string of the molecule is CCCn1nc(C)c2c(C(=O)NNC(=S)Nc3cnn(Cc4cccc(C)c4)c3)cc(-c3cnn(C)c3C)nc21. The molecule has 0 bridgehead atoms. The molecule has 11 nitrogen and oxygen atoms in total. The summed E-state index contributed by atoms with van der Waals surface area (Å²) in [6.07, 6.45) is 6.19. The molecule has 0 aliphatic heterocycles. The predicted molar refractivity (Wildman–Crippen MR) is 159 cm³/mol. The molecular formula is C28H32N10OS. The molecule has 3 N–H and O–H groups in total. The van der Waals surface area contributed by atoms with Crippen molar-refractivity contribution < 1.29 is 4.79 Å². The number of pyridine rings is 1. The largest absolute Gasteiger partial charge is 0.329 e. The Labute approximate surface area is 237 Å². The van der Waals surface area contributed by atoms with Gasteiger partial charge >= 0.3 is 0 Å². The number of aryl methyl sites for hydroxylation is 4. The highest BCUT2D eigenvalue weighted by Gasteiger charge is 2.21. The first-order valence-corrected chi connectivity index (χ1v) is 13.5. The van der Waals surface area contributed by atoms with Crippen molar-refractivity contribution in [2.75, 3.05) is 5.32 Å². The van der Waals surface area contributed by atoms with Gasteiger partial charge in [-0.2, -0.15) is 15.3 Å². The fourth-order valence-electron chi connectivity index (χ4n) is 4.64. The molecule has 0 atom stereocenters. The Morgan fingerprint density at radius 1 is 1.07 bits per heavy atom. The van der Waals surface area contributed by atoms with E-state index in [4.69, 9.17) is 17.2 Å². The Morgan fingerprint density at radius 3 is 2.62 bits per heavy atom. The number of amides is 1. The molecule has 5 rings (SSSR count). The maximum Gasteiger partial charge on any atom is 0.270 e. The summed E-state index contributed by atoms with van der Waals surface area (Å²) >= 11 is 5.43. The smallest absolute Gasteiger partial charge is 0.270 e. The lowest BCUT2D eigenvalue weighted by atomic mass is 10.1. The zero-order valence-corrected chi connectivity index (χ0v) is 24.0. The van der Waals surface area contributed by atoms with Gasteiger partial charge in [-0.1, -0.05) is 36.8 Å². The molecule has 206 valence electrons. The number of hydrogen-bond donors (Lipinski definition) is 3. The Balaban J connectivity index is 1.33. The Kier molecular flexibility index (Phi) is 7.60. The van der Waals surface area contributed by atoms with Crippen LogP contribution in [0.5, 0.6) is 0 Å². The zero-order valence-electron chi connectivity index (χ0n) is 23.2. The third-order valence-electron chi connectivity index (χ3n) is 6.68. The van der Waals surface area contributed by atoms with E-state index in [-0.39, 0.29) is 11.0 Å². The average molecular weight is 557 g/mol. The standard InChI is InChI=1S/C28H32N10OS/c1-6-10-38-26-25(18(3)35-38)22(12-24(32-26)23-14-29-36(5)19(23)4)27(39)33-34-28(40)31-21-13-30-37(16-21)15-20-9-7-8-17(2)11-20/h7-9,11-14,16H,6,10,15H2,1-5H3,(H,33,39)(H2,31,34,40). The number of aromatic nitrogens is 7. The molecule has 1 amide bonds. The van der Waals surface area contributed by atoms with Crippen molar-refractivity contribution >= 4 is 40.0 Å². The van der Waals surface area contributed by atoms with Crippen molar-refractivity contribution in [1.29, 1.82) is 0 Å². The molecule has 4 heterocycles. The highest BCUT2D eigenvalue weighted by molar-refractivity contribution is 7.80. The minimum Gasteiger partial charge on any atom is -0.329 e. The van der Waals surface area contributed by atoms with E-state index in [1.807, 2.05) is 42.5 Å². The maximum absolute atomic E-state index is 13.5. The van der Waals surface area contributed by atoms with Gasteiger partial charge in [0.15, 0.2) is 10.8 Å². The van der Waals surface area contributed by atoms with Crippen LogP contribution in [0.15, 0.2) is 48.9 Å². The molecule has 0 saturated heterocycles. The lowest BCUT2D eigenvalue weighted by molar-refractivity contribution is 0.0945. The van der Waals surface area contributed by atoms with Crippen molar-refractivity contribution in [2.45, 2.75) is 47.2 Å². The molecule has 0 aliphatic carbocycles. The Hall–Kier alpha value is -4.58. The predicted octanol–water partition coefficient (Wildman–Crippen LogP) is 4.04. The third-order valence-corrected chi connectivity index (χ3v) is 6.88. The Morgan fingerprint density at radius 2 is 1.90 bits per heavy atom. The van der Waals surface area contributed by atoms with Crippen LogP contribution < -0.4 is 16.2 Å². The van der Waals surface area contributed by atoms with Gasteiger partial charge in [-0.3, -0.25) is 25.0 Å². The first kappa shape index (κ1) is 27.0. The molecule has 5 aromatic rings. The van der Waals surface area contributed by atoms with Gasteiger partial charge < -0.3 is 5.32 Å². The molecule has 0 saturated carbocycles. The van der Waals surface area contributed by atoms with Crippen LogP contribution >= 0.6 is 12.2 Å². The summed E-state index contributed by atoms with van der Waals surface area (Å²) in [5.74, 6) is -0.353. The van der Waals surface area contributed by atoms with E-state index < -0.39 is 0 Å². The van der Waals surface area contributed by atoms with Crippen LogP contribution in [0.1, 0.15) is 46.2 Å². The molecular weight excluding hydrogens is 524 g/mol. The van der Waals surface area contributed by atoms with E-state index in [0.29, 0.717) is 41.1 Å². The monoisotopic (exact) mass is 556 g/mol. The van der Waals surface area contributed by atoms with E-state index in [9.17, 15) is 4.79 Å². The molecule has 0 fully saturated rings. The van der Waals surface area contributed by atoms with Crippen LogP contribution in [0.25, 0.3) is 22.3 Å². The van der Waals surface area contributed by atoms with E-state index in [1.165, 1.54) is 5.56 Å². The summed E-state index contributed by atoms with van der Waals surface area (Å²) < 4.78 is 5.46. The molecule has 0 unspecified atom stereocenters. The first-order chi connectivity index (χ1) is 19.2. The first-order valence-electron chi connectivity index (χ1n) is 13.1. The van der Waals surface area contributed by atoms with Gasteiger partial charge in [-0.05, 0) is 51.0 Å². The summed E-state index contributed by atoms with van der Waals surface area (Å²) in [7, 11) is 1.88. The van der Waals surface area contributed by atoms with Crippen LogP contribution in [-0.2, 0) is 20.1 Å². The van der Waals surface area contributed by atoms with Gasteiger partial charge in [-0.25, -0.2) is 9.67 Å². The molecule has 0 radical (unpaired) electrons. The molecule has 12 heteroatoms. The number of rotatable bonds is 7. The summed E-state index contributed by atoms with van der Waals surface area (Å²) in [4.78, 5) is 18.4. The van der Waals surface area contributed by atoms with Gasteiger partial charge in [0.1, 0.15) is 0 Å². The van der Waals surface area contributed by atoms with E-state index in [2.05, 4.69) is 63.5 Å². The summed E-state index contributed by atoms with van der Waals surface area (Å²) in [5.41, 5.74) is 12.9. The highest BCUT2D eigenvalue weighted by Crippen LogP contribution is 2.28. The number of carbonyl (C=O) groups excluding carboxylic acids is 1. The Bertz CT molecular complexity index is 1710. The van der Waals surface area contributed by atoms with Crippen LogP contribution in [0, 0.1) is 20.8 Å². The lowest BCUT2D eigenvalue weighted by Gasteiger charge is -2.12. The number of hydrogen-bond acceptors (Lipinski definition) is 6. The van der Waals surface area contributed by atoms with Crippen molar-refractivity contribution in [2.24, 2.45) is 7.05 Å². The molecule has 4 aromatic heterocycles. The van der Waals surface area contributed by atoms with Gasteiger partial charge in [-0.15, -0.1) is 0 Å². The second-order valence-corrected chi connectivity index (χ2v) is 10.2. The minimum absolute atomic E-state index is 0.232. The molecule has 0 aliphatic rings. The maximum atomic E-state index is 13.5. The van der Waals surface area contributed by atoms with E-state index in [1.54, 1.807) is 23.1 Å². The van der Waals surface area contributed by atoms with Gasteiger partial charge in [0.05, 0.1) is 47.0 Å². The summed E-state index contributed by atoms with van der Waals surface area (Å²) in [6.45, 7) is 9.33. The van der Waals surface area contributed by atoms with E-state index in [0.717, 1.165) is 28.9 Å². The number of hydrazine groups is 1. The fraction of sp³-hybridized carbons (Fsp3) is 0.286. The third kappa shape index (κ3) is 5.57. The number of nitrogens with one attached hydrogen (secondary N) is 3. The van der Waals surface area contributed by atoms with Crippen LogP contribution in [0.2, 0.25) is 0 Å². The number of fused-ring (bicyclic) bond motifs is 1. The number of anilines is 1. The highest BCUT2D eigenvalue weighted by atomic mass is 32.1. The number of benzene rings is 1. The second-order valence-electron chi connectivity index (χ2n) is 9.78. The van der Waals surface area contributed by atoms with Gasteiger partial charge in [0.2, 0.25) is 0 Å². The minimum atomic E-state index is -0.353. The topological polar surface area (TPSA) is 120 Å². The zero-order chi connectivity index (χ0) is 28.4. The van der Waals surface area contributed by atoms with Crippen LogP contribution in [0.3, 0.4) is 0 Å². The summed E-state index contributed by atoms with van der Waals surface area (Å²) in [5, 5.41) is 17.4. The quantitative estimate of drug-likeness (QED) is 0.203. The number of thiocarbonyl (C=S) groups is 1. The fourth-order valence-corrected chi connectivity index (χ4v) is 4.81. The number of nitrogens with zero attached hydrogens (tertiary/aromatic N) is 7. The average Bonchev–Trinajstić information content (AvgIpc) is 3.60. The molecule has 0 spiro atoms. The van der Waals surface area contributed by atoms with Crippen LogP contribution in [-0.4, -0.2) is 45.3 Å². The van der Waals surface area contributed by atoms with Crippen LogP contribution in [0.4, 0.5) is 5.69 Å². The van der Waals surface area contributed by atoms with E-state index >= 15 is 0 Å². The second kappa shape index (κ2) is 11.3. The van der Waals surface area contributed by atoms with Crippen molar-refractivity contribution in [3.63, 3.8) is 0 Å². The van der Waals surface area contributed by atoms with Crippen molar-refractivity contribution in [1.82, 2.24) is 45.2 Å². The van der Waals surface area contributed by atoms with Crippen molar-refractivity contribution in [3.05, 3.63) is 77.0 Å². The van der Waals surface area contributed by atoms with Crippen molar-refractivity contribution in [3.8, 4) is 11.3 Å². The normalized spacial score (nSPS) is 11.1. The summed E-state index contributed by atoms with van der Waals surface area (Å²) in [6, 6.07) is 10.1. The number of carbonyl (C=O) groups is 1. The van der Waals surface area contributed by atoms with Gasteiger partial charge in [0, 0.05) is 31.0 Å². The van der Waals surface area contributed by atoms with Gasteiger partial charge in [0.25, 0.3) is 5.91 Å².